The van der Waals surface area contributed by atoms with Gasteiger partial charge in [-0.05, 0) is 70.0 Å². The highest BCUT2D eigenvalue weighted by molar-refractivity contribution is 5.84. The molecule has 0 spiro atoms. The van der Waals surface area contributed by atoms with Crippen LogP contribution in [-0.2, 0) is 16.1 Å². The molecule has 2 aromatic heterocycles. The number of carbonyl (C=O) groups is 1. The molecular formula is C26H29N5O3. The first-order chi connectivity index (χ1) is 16.2. The van der Waals surface area contributed by atoms with Gasteiger partial charge in [0, 0.05) is 41.0 Å². The second-order valence-corrected chi connectivity index (χ2v) is 8.16. The lowest BCUT2D eigenvalue weighted by atomic mass is 10.1. The van der Waals surface area contributed by atoms with Crippen molar-refractivity contribution >= 4 is 12.1 Å². The second-order valence-electron chi connectivity index (χ2n) is 8.16. The van der Waals surface area contributed by atoms with E-state index < -0.39 is 5.91 Å². The zero-order valence-electron chi connectivity index (χ0n) is 20.4. The summed E-state index contributed by atoms with van der Waals surface area (Å²) in [6, 6.07) is 12.2. The van der Waals surface area contributed by atoms with Crippen molar-refractivity contribution in [3.63, 3.8) is 0 Å². The number of hydrazone groups is 1. The Morgan fingerprint density at radius 3 is 2.62 bits per heavy atom. The molecule has 0 bridgehead atoms. The first-order valence-electron chi connectivity index (χ1n) is 10.9. The Morgan fingerprint density at radius 2 is 1.94 bits per heavy atom. The van der Waals surface area contributed by atoms with Crippen LogP contribution in [0.25, 0.3) is 5.69 Å². The molecule has 1 amide bonds. The van der Waals surface area contributed by atoms with Crippen molar-refractivity contribution < 1.29 is 14.3 Å². The minimum atomic E-state index is -0.459. The maximum absolute atomic E-state index is 12.3. The van der Waals surface area contributed by atoms with Crippen LogP contribution < -0.4 is 10.2 Å². The predicted molar refractivity (Wildman–Crippen MR) is 130 cm³/mol. The van der Waals surface area contributed by atoms with Crippen LogP contribution in [0.3, 0.4) is 0 Å². The average molecular weight is 460 g/mol. The van der Waals surface area contributed by atoms with Gasteiger partial charge in [-0.3, -0.25) is 4.79 Å². The number of pyridine rings is 1. The Labute approximate surface area is 199 Å². The van der Waals surface area contributed by atoms with Crippen molar-refractivity contribution in [3.8, 4) is 17.6 Å². The van der Waals surface area contributed by atoms with Crippen LogP contribution >= 0.6 is 0 Å². The number of methoxy groups -OCH3 is 1. The molecule has 0 radical (unpaired) electrons. The van der Waals surface area contributed by atoms with E-state index in [2.05, 4.69) is 58.2 Å². The zero-order valence-corrected chi connectivity index (χ0v) is 20.4. The fraction of sp³-hybridized carbons (Fsp3) is 0.308. The van der Waals surface area contributed by atoms with E-state index in [4.69, 9.17) is 9.47 Å². The third-order valence-corrected chi connectivity index (χ3v) is 5.56. The van der Waals surface area contributed by atoms with Gasteiger partial charge in [-0.15, -0.1) is 0 Å². The summed E-state index contributed by atoms with van der Waals surface area (Å²) < 4.78 is 12.8. The Morgan fingerprint density at radius 1 is 1.18 bits per heavy atom. The molecule has 0 aliphatic rings. The molecule has 34 heavy (non-hydrogen) atoms. The SMILES string of the molecule is COCc1cc(C)nc(OCC(=O)N/N=C\c2cc(C)n(-c3ccc(C)c(C)c3)c2C)c1C#N. The van der Waals surface area contributed by atoms with Crippen molar-refractivity contribution in [3.05, 3.63) is 75.2 Å². The van der Waals surface area contributed by atoms with E-state index in [9.17, 15) is 10.1 Å². The van der Waals surface area contributed by atoms with Crippen LogP contribution in [0.4, 0.5) is 0 Å². The molecule has 2 heterocycles. The fourth-order valence-corrected chi connectivity index (χ4v) is 3.72. The lowest BCUT2D eigenvalue weighted by molar-refractivity contribution is -0.123. The summed E-state index contributed by atoms with van der Waals surface area (Å²) in [5, 5.41) is 13.5. The third kappa shape index (κ3) is 5.50. The highest BCUT2D eigenvalue weighted by atomic mass is 16.5. The number of hydrogen-bond acceptors (Lipinski definition) is 6. The highest BCUT2D eigenvalue weighted by Crippen LogP contribution is 2.22. The Balaban J connectivity index is 1.67. The monoisotopic (exact) mass is 459 g/mol. The third-order valence-electron chi connectivity index (χ3n) is 5.56. The van der Waals surface area contributed by atoms with Gasteiger partial charge in [0.2, 0.25) is 5.88 Å². The molecule has 0 fully saturated rings. The summed E-state index contributed by atoms with van der Waals surface area (Å²) in [5.41, 5.74) is 10.6. The van der Waals surface area contributed by atoms with E-state index in [0.717, 1.165) is 22.6 Å². The van der Waals surface area contributed by atoms with Gasteiger partial charge >= 0.3 is 0 Å². The number of hydrogen-bond donors (Lipinski definition) is 1. The first-order valence-corrected chi connectivity index (χ1v) is 10.9. The number of ether oxygens (including phenoxy) is 2. The summed E-state index contributed by atoms with van der Waals surface area (Å²) >= 11 is 0. The molecule has 8 nitrogen and oxygen atoms in total. The fourth-order valence-electron chi connectivity index (χ4n) is 3.72. The summed E-state index contributed by atoms with van der Waals surface area (Å²) in [6.45, 7) is 9.94. The van der Waals surface area contributed by atoms with Crippen LogP contribution in [0, 0.1) is 45.9 Å². The number of nitrogens with zero attached hydrogens (tertiary/aromatic N) is 4. The van der Waals surface area contributed by atoms with E-state index in [0.29, 0.717) is 11.3 Å². The molecule has 0 unspecified atom stereocenters. The highest BCUT2D eigenvalue weighted by Gasteiger charge is 2.14. The summed E-state index contributed by atoms with van der Waals surface area (Å²) in [5.74, 6) is -0.356. The average Bonchev–Trinajstić information content (AvgIpc) is 3.07. The normalized spacial score (nSPS) is 11.0. The number of carbonyl (C=O) groups excluding carboxylic acids is 1. The number of aryl methyl sites for hydroxylation is 4. The van der Waals surface area contributed by atoms with Crippen LogP contribution in [0.1, 0.15) is 44.9 Å². The van der Waals surface area contributed by atoms with Crippen molar-refractivity contribution in [1.29, 1.82) is 5.26 Å². The molecule has 8 heteroatoms. The van der Waals surface area contributed by atoms with Crippen LogP contribution in [-0.4, -0.2) is 35.4 Å². The van der Waals surface area contributed by atoms with Gasteiger partial charge in [-0.25, -0.2) is 10.4 Å². The summed E-state index contributed by atoms with van der Waals surface area (Å²) in [6.07, 6.45) is 1.61. The van der Waals surface area contributed by atoms with Crippen molar-refractivity contribution in [1.82, 2.24) is 15.0 Å². The first kappa shape index (κ1) is 24.7. The van der Waals surface area contributed by atoms with Crippen LogP contribution in [0.2, 0.25) is 0 Å². The van der Waals surface area contributed by atoms with Gasteiger partial charge in [0.1, 0.15) is 11.6 Å². The minimum absolute atomic E-state index is 0.102. The van der Waals surface area contributed by atoms with Gasteiger partial charge < -0.3 is 14.0 Å². The van der Waals surface area contributed by atoms with Gasteiger partial charge in [-0.2, -0.15) is 10.4 Å². The molecule has 3 aromatic rings. The Bertz CT molecular complexity index is 1280. The van der Waals surface area contributed by atoms with Gasteiger partial charge in [-0.1, -0.05) is 6.07 Å². The number of amides is 1. The van der Waals surface area contributed by atoms with E-state index >= 15 is 0 Å². The summed E-state index contributed by atoms with van der Waals surface area (Å²) in [7, 11) is 1.54. The Kier molecular flexibility index (Phi) is 7.82. The van der Waals surface area contributed by atoms with Crippen LogP contribution in [0.5, 0.6) is 5.88 Å². The zero-order chi connectivity index (χ0) is 24.8. The van der Waals surface area contributed by atoms with E-state index in [-0.39, 0.29) is 24.7 Å². The topological polar surface area (TPSA) is 102 Å². The van der Waals surface area contributed by atoms with Gasteiger partial charge in [0.05, 0.1) is 12.8 Å². The van der Waals surface area contributed by atoms with E-state index in [1.54, 1.807) is 26.3 Å². The number of rotatable bonds is 8. The maximum atomic E-state index is 12.3. The Hall–Kier alpha value is -3.96. The van der Waals surface area contributed by atoms with Crippen molar-refractivity contribution in [2.24, 2.45) is 5.10 Å². The predicted octanol–water partition coefficient (Wildman–Crippen LogP) is 3.96. The molecule has 1 N–H and O–H groups in total. The van der Waals surface area contributed by atoms with Crippen molar-refractivity contribution in [2.45, 2.75) is 41.2 Å². The molecule has 176 valence electrons. The minimum Gasteiger partial charge on any atom is -0.467 e. The van der Waals surface area contributed by atoms with Crippen LogP contribution in [0.15, 0.2) is 35.4 Å². The molecule has 0 aliphatic carbocycles. The number of aromatic nitrogens is 2. The number of nitrogens with one attached hydrogen (secondary N) is 1. The molecule has 0 saturated carbocycles. The summed E-state index contributed by atoms with van der Waals surface area (Å²) in [4.78, 5) is 16.5. The number of benzene rings is 1. The molecule has 1 aromatic carbocycles. The largest absolute Gasteiger partial charge is 0.467 e. The molecule has 0 aliphatic heterocycles. The standard InChI is InChI=1S/C26H29N5O3/c1-16-7-8-23(9-17(16)2)31-19(4)11-21(20(31)5)13-28-30-25(32)15-34-26-24(12-27)22(14-33-6)10-18(3)29-26/h7-11,13H,14-15H2,1-6H3,(H,30,32)/b28-13-. The van der Waals surface area contributed by atoms with Gasteiger partial charge in [0.15, 0.2) is 6.61 Å². The van der Waals surface area contributed by atoms with E-state index in [1.807, 2.05) is 19.9 Å². The molecule has 3 rings (SSSR count). The number of nitriles is 1. The molecule has 0 saturated heterocycles. The smallest absolute Gasteiger partial charge is 0.278 e. The maximum Gasteiger partial charge on any atom is 0.278 e. The molecular weight excluding hydrogens is 430 g/mol. The van der Waals surface area contributed by atoms with Gasteiger partial charge in [0.25, 0.3) is 5.91 Å². The second kappa shape index (κ2) is 10.8. The lowest BCUT2D eigenvalue weighted by Gasteiger charge is -2.11. The lowest BCUT2D eigenvalue weighted by Crippen LogP contribution is -2.25. The van der Waals surface area contributed by atoms with E-state index in [1.165, 1.54) is 11.1 Å². The quantitative estimate of drug-likeness (QED) is 0.406. The molecule has 0 atom stereocenters. The van der Waals surface area contributed by atoms with Crippen molar-refractivity contribution in [2.75, 3.05) is 13.7 Å².